The van der Waals surface area contributed by atoms with Crippen molar-refractivity contribution < 1.29 is 14.7 Å². The number of nitrogens with zero attached hydrogens (tertiary/aromatic N) is 1. The fourth-order valence-electron chi connectivity index (χ4n) is 2.19. The summed E-state index contributed by atoms with van der Waals surface area (Å²) in [6, 6.07) is 10.7. The van der Waals surface area contributed by atoms with Gasteiger partial charge < -0.3 is 15.0 Å². The third-order valence-corrected chi connectivity index (χ3v) is 4.36. The Hall–Kier alpha value is -2.60. The van der Waals surface area contributed by atoms with Gasteiger partial charge in [0.15, 0.2) is 0 Å². The number of rotatable bonds is 3. The van der Waals surface area contributed by atoms with E-state index in [0.717, 1.165) is 21.4 Å². The summed E-state index contributed by atoms with van der Waals surface area (Å²) in [5.41, 5.74) is 0.830. The highest BCUT2D eigenvalue weighted by molar-refractivity contribution is 7.21. The van der Waals surface area contributed by atoms with Gasteiger partial charge in [0.2, 0.25) is 0 Å². The van der Waals surface area contributed by atoms with Crippen molar-refractivity contribution in [2.24, 2.45) is 7.05 Å². The van der Waals surface area contributed by atoms with Crippen molar-refractivity contribution in [3.05, 3.63) is 53.2 Å². The van der Waals surface area contributed by atoms with Gasteiger partial charge in [0.25, 0.3) is 5.91 Å². The molecular formula is C15H12N2O3S. The summed E-state index contributed by atoms with van der Waals surface area (Å²) >= 11 is 1.15. The minimum Gasteiger partial charge on any atom is -0.477 e. The first-order valence-corrected chi connectivity index (χ1v) is 7.07. The smallest absolute Gasteiger partial charge is 0.348 e. The lowest BCUT2D eigenvalue weighted by Crippen LogP contribution is -2.16. The van der Waals surface area contributed by atoms with Crippen molar-refractivity contribution in [3.63, 3.8) is 0 Å². The van der Waals surface area contributed by atoms with Gasteiger partial charge in [-0.1, -0.05) is 18.2 Å². The molecule has 6 heteroatoms. The standard InChI is InChI=1S/C15H12N2O3S/c1-17-8-4-6-10(17)14(18)16-12-9-5-2-3-7-11(9)21-13(12)15(19)20/h2-8H,1H3,(H,16,18)(H,19,20). The molecule has 3 aromatic rings. The number of anilines is 1. The van der Waals surface area contributed by atoms with Crippen LogP contribution in [0.1, 0.15) is 20.2 Å². The first-order valence-electron chi connectivity index (χ1n) is 6.25. The SMILES string of the molecule is Cn1cccc1C(=O)Nc1c(C(=O)O)sc2ccccc12. The number of aryl methyl sites for hydroxylation is 1. The normalized spacial score (nSPS) is 10.7. The van der Waals surface area contributed by atoms with E-state index in [4.69, 9.17) is 0 Å². The van der Waals surface area contributed by atoms with Gasteiger partial charge in [0.05, 0.1) is 5.69 Å². The number of thiophene rings is 1. The van der Waals surface area contributed by atoms with E-state index in [0.29, 0.717) is 11.4 Å². The van der Waals surface area contributed by atoms with Crippen molar-refractivity contribution in [1.82, 2.24) is 4.57 Å². The molecule has 2 heterocycles. The maximum Gasteiger partial charge on any atom is 0.348 e. The minimum atomic E-state index is -1.04. The van der Waals surface area contributed by atoms with Crippen molar-refractivity contribution in [1.29, 1.82) is 0 Å². The zero-order valence-electron chi connectivity index (χ0n) is 11.2. The van der Waals surface area contributed by atoms with E-state index < -0.39 is 5.97 Å². The Morgan fingerprint density at radius 2 is 1.95 bits per heavy atom. The van der Waals surface area contributed by atoms with Crippen LogP contribution in [-0.2, 0) is 7.05 Å². The van der Waals surface area contributed by atoms with Crippen LogP contribution < -0.4 is 5.32 Å². The summed E-state index contributed by atoms with van der Waals surface area (Å²) in [6.07, 6.45) is 1.76. The predicted octanol–water partition coefficient (Wildman–Crippen LogP) is 3.19. The van der Waals surface area contributed by atoms with Gasteiger partial charge >= 0.3 is 5.97 Å². The van der Waals surface area contributed by atoms with Gasteiger partial charge in [-0.25, -0.2) is 4.79 Å². The summed E-state index contributed by atoms with van der Waals surface area (Å²) in [4.78, 5) is 23.8. The molecular weight excluding hydrogens is 288 g/mol. The van der Waals surface area contributed by atoms with Crippen molar-refractivity contribution in [3.8, 4) is 0 Å². The molecule has 5 nitrogen and oxygen atoms in total. The second-order valence-electron chi connectivity index (χ2n) is 4.57. The number of carboxylic acids is 1. The Labute approximate surface area is 124 Å². The van der Waals surface area contributed by atoms with Crippen LogP contribution in [0.3, 0.4) is 0 Å². The van der Waals surface area contributed by atoms with E-state index in [2.05, 4.69) is 5.32 Å². The van der Waals surface area contributed by atoms with E-state index in [9.17, 15) is 14.7 Å². The molecule has 2 aromatic heterocycles. The van der Waals surface area contributed by atoms with Crippen molar-refractivity contribution in [2.75, 3.05) is 5.32 Å². The number of aromatic carboxylic acids is 1. The third kappa shape index (κ3) is 2.30. The monoisotopic (exact) mass is 300 g/mol. The number of benzene rings is 1. The summed E-state index contributed by atoms with van der Waals surface area (Å²) in [5.74, 6) is -1.37. The number of hydrogen-bond acceptors (Lipinski definition) is 3. The molecule has 1 aromatic carbocycles. The fourth-order valence-corrected chi connectivity index (χ4v) is 3.19. The Bertz CT molecular complexity index is 848. The number of hydrogen-bond donors (Lipinski definition) is 2. The van der Waals surface area contributed by atoms with Crippen LogP contribution in [0.2, 0.25) is 0 Å². The van der Waals surface area contributed by atoms with Crippen LogP contribution in [0, 0.1) is 0 Å². The molecule has 0 aliphatic heterocycles. The molecule has 0 fully saturated rings. The lowest BCUT2D eigenvalue weighted by atomic mass is 10.2. The van der Waals surface area contributed by atoms with Gasteiger partial charge in [0, 0.05) is 23.3 Å². The number of amides is 1. The molecule has 3 rings (SSSR count). The quantitative estimate of drug-likeness (QED) is 0.780. The zero-order valence-corrected chi connectivity index (χ0v) is 12.0. The predicted molar refractivity (Wildman–Crippen MR) is 82.2 cm³/mol. The Balaban J connectivity index is 2.07. The molecule has 1 amide bonds. The van der Waals surface area contributed by atoms with Gasteiger partial charge in [-0.05, 0) is 18.2 Å². The second-order valence-corrected chi connectivity index (χ2v) is 5.62. The maximum atomic E-state index is 12.3. The maximum absolute atomic E-state index is 12.3. The molecule has 0 radical (unpaired) electrons. The van der Waals surface area contributed by atoms with Crippen molar-refractivity contribution in [2.45, 2.75) is 0 Å². The highest BCUT2D eigenvalue weighted by Crippen LogP contribution is 2.35. The van der Waals surface area contributed by atoms with Gasteiger partial charge in [-0.2, -0.15) is 0 Å². The molecule has 0 bridgehead atoms. The number of aromatic nitrogens is 1. The fraction of sp³-hybridized carbons (Fsp3) is 0.0667. The van der Waals surface area contributed by atoms with E-state index in [1.807, 2.05) is 18.2 Å². The van der Waals surface area contributed by atoms with Gasteiger partial charge in [0.1, 0.15) is 10.6 Å². The molecule has 0 saturated carbocycles. The van der Waals surface area contributed by atoms with E-state index in [1.165, 1.54) is 0 Å². The third-order valence-electron chi connectivity index (χ3n) is 3.20. The Morgan fingerprint density at radius 1 is 1.19 bits per heavy atom. The topological polar surface area (TPSA) is 71.3 Å². The summed E-state index contributed by atoms with van der Waals surface area (Å²) < 4.78 is 2.52. The van der Waals surface area contributed by atoms with Gasteiger partial charge in [-0.15, -0.1) is 11.3 Å². The Morgan fingerprint density at radius 3 is 2.62 bits per heavy atom. The second kappa shape index (κ2) is 5.06. The number of carbonyl (C=O) groups is 2. The molecule has 0 unspecified atom stereocenters. The van der Waals surface area contributed by atoms with Crippen LogP contribution in [0.5, 0.6) is 0 Å². The van der Waals surface area contributed by atoms with Crippen LogP contribution in [0.4, 0.5) is 5.69 Å². The Kier molecular flexibility index (Phi) is 3.23. The van der Waals surface area contributed by atoms with Crippen LogP contribution in [0.15, 0.2) is 42.6 Å². The number of fused-ring (bicyclic) bond motifs is 1. The largest absolute Gasteiger partial charge is 0.477 e. The minimum absolute atomic E-state index is 0.138. The average Bonchev–Trinajstić information content (AvgIpc) is 3.03. The number of carboxylic acid groups (broad SMARTS) is 1. The van der Waals surface area contributed by atoms with Crippen LogP contribution >= 0.6 is 11.3 Å². The molecule has 0 aliphatic rings. The molecule has 106 valence electrons. The summed E-state index contributed by atoms with van der Waals surface area (Å²) in [7, 11) is 1.76. The molecule has 21 heavy (non-hydrogen) atoms. The lowest BCUT2D eigenvalue weighted by Gasteiger charge is -2.06. The average molecular weight is 300 g/mol. The van der Waals surface area contributed by atoms with Crippen molar-refractivity contribution >= 4 is 39.0 Å². The van der Waals surface area contributed by atoms with Crippen LogP contribution in [-0.4, -0.2) is 21.6 Å². The van der Waals surface area contributed by atoms with E-state index >= 15 is 0 Å². The molecule has 0 atom stereocenters. The lowest BCUT2D eigenvalue weighted by molar-refractivity contribution is 0.0703. The van der Waals surface area contributed by atoms with E-state index in [-0.39, 0.29) is 10.8 Å². The van der Waals surface area contributed by atoms with Gasteiger partial charge in [-0.3, -0.25) is 4.79 Å². The zero-order chi connectivity index (χ0) is 15.0. The molecule has 2 N–H and O–H groups in total. The summed E-state index contributed by atoms with van der Waals surface area (Å²) in [6.45, 7) is 0. The molecule has 0 saturated heterocycles. The molecule has 0 spiro atoms. The highest BCUT2D eigenvalue weighted by atomic mass is 32.1. The molecule has 0 aliphatic carbocycles. The first kappa shape index (κ1) is 13.4. The van der Waals surface area contributed by atoms with E-state index in [1.54, 1.807) is 36.0 Å². The number of carbonyl (C=O) groups excluding carboxylic acids is 1. The van der Waals surface area contributed by atoms with Crippen LogP contribution in [0.25, 0.3) is 10.1 Å². The first-order chi connectivity index (χ1) is 10.1. The highest BCUT2D eigenvalue weighted by Gasteiger charge is 2.20. The summed E-state index contributed by atoms with van der Waals surface area (Å²) in [5, 5.41) is 12.8. The number of nitrogens with one attached hydrogen (secondary N) is 1.